The summed E-state index contributed by atoms with van der Waals surface area (Å²) in [5, 5.41) is 13.3. The molecular weight excluding hydrogens is 473 g/mol. The number of fused-ring (bicyclic) bond motifs is 1. The normalized spacial score (nSPS) is 23.0. The molecule has 194 valence electrons. The summed E-state index contributed by atoms with van der Waals surface area (Å²) in [5.41, 5.74) is 2.64. The first-order chi connectivity index (χ1) is 17.3. The number of aliphatic hydroxyl groups excluding tert-OH is 1. The van der Waals surface area contributed by atoms with Gasteiger partial charge in [0.2, 0.25) is 5.95 Å². The molecule has 2 atom stereocenters. The maximum atomic E-state index is 13.4. The van der Waals surface area contributed by atoms with Gasteiger partial charge in [0.1, 0.15) is 18.1 Å². The Labute approximate surface area is 208 Å². The van der Waals surface area contributed by atoms with E-state index in [4.69, 9.17) is 0 Å². The average Bonchev–Trinajstić information content (AvgIpc) is 3.41. The Balaban J connectivity index is 1.29. The van der Waals surface area contributed by atoms with Crippen molar-refractivity contribution in [3.8, 4) is 0 Å². The number of β-amino-alcohol motifs (C(OH)–C–C–N with tert-alkyl or cyclic N) is 1. The van der Waals surface area contributed by atoms with E-state index in [9.17, 15) is 23.1 Å². The third-order valence-corrected chi connectivity index (χ3v) is 7.26. The van der Waals surface area contributed by atoms with Crippen LogP contribution in [0.3, 0.4) is 0 Å². The van der Waals surface area contributed by atoms with E-state index in [1.807, 2.05) is 17.0 Å². The SMILES string of the molecule is O=C(c1cc(NCC(F)(F)F)nc(N2CCCC2)n1)N1CC[C@H](N2CCc3ccccc3C2)[C@@H](O)C1. The monoisotopic (exact) mass is 504 g/mol. The van der Waals surface area contributed by atoms with Crippen molar-refractivity contribution in [2.24, 2.45) is 0 Å². The lowest BCUT2D eigenvalue weighted by Crippen LogP contribution is -2.56. The topological polar surface area (TPSA) is 84.8 Å². The number of aromatic nitrogens is 2. The molecule has 3 aliphatic rings. The van der Waals surface area contributed by atoms with Crippen LogP contribution in [0.4, 0.5) is 24.9 Å². The predicted octanol–water partition coefficient (Wildman–Crippen LogP) is 2.68. The van der Waals surface area contributed by atoms with Gasteiger partial charge in [0, 0.05) is 51.4 Å². The van der Waals surface area contributed by atoms with Gasteiger partial charge in [0.25, 0.3) is 5.91 Å². The Morgan fingerprint density at radius 3 is 2.56 bits per heavy atom. The Morgan fingerprint density at radius 1 is 1.08 bits per heavy atom. The van der Waals surface area contributed by atoms with E-state index in [1.165, 1.54) is 17.2 Å². The molecule has 4 heterocycles. The van der Waals surface area contributed by atoms with Crippen LogP contribution in [0.15, 0.2) is 30.3 Å². The number of hydrogen-bond donors (Lipinski definition) is 2. The number of alkyl halides is 3. The number of carbonyl (C=O) groups excluding carboxylic acids is 1. The fourth-order valence-electron chi connectivity index (χ4n) is 5.38. The van der Waals surface area contributed by atoms with Crippen LogP contribution in [0.5, 0.6) is 0 Å². The van der Waals surface area contributed by atoms with E-state index in [0.717, 1.165) is 32.4 Å². The summed E-state index contributed by atoms with van der Waals surface area (Å²) in [6.07, 6.45) is -1.73. The van der Waals surface area contributed by atoms with Crippen LogP contribution in [0.25, 0.3) is 0 Å². The number of likely N-dealkylation sites (tertiary alicyclic amines) is 1. The van der Waals surface area contributed by atoms with Gasteiger partial charge in [-0.05, 0) is 36.8 Å². The molecule has 2 fully saturated rings. The van der Waals surface area contributed by atoms with E-state index in [2.05, 4.69) is 32.3 Å². The molecule has 2 N–H and O–H groups in total. The summed E-state index contributed by atoms with van der Waals surface area (Å²) < 4.78 is 38.4. The lowest BCUT2D eigenvalue weighted by atomic mass is 9.94. The number of nitrogens with one attached hydrogen (secondary N) is 1. The summed E-state index contributed by atoms with van der Waals surface area (Å²) in [6, 6.07) is 9.53. The maximum Gasteiger partial charge on any atom is 0.405 e. The van der Waals surface area contributed by atoms with Gasteiger partial charge in [-0.15, -0.1) is 0 Å². The zero-order valence-corrected chi connectivity index (χ0v) is 20.0. The number of amides is 1. The Hall–Kier alpha value is -2.92. The maximum absolute atomic E-state index is 13.4. The molecule has 0 unspecified atom stereocenters. The van der Waals surface area contributed by atoms with Gasteiger partial charge >= 0.3 is 6.18 Å². The second-order valence-electron chi connectivity index (χ2n) is 9.77. The molecule has 2 saturated heterocycles. The summed E-state index contributed by atoms with van der Waals surface area (Å²) >= 11 is 0. The lowest BCUT2D eigenvalue weighted by Gasteiger charge is -2.43. The van der Waals surface area contributed by atoms with Gasteiger partial charge in [-0.3, -0.25) is 9.69 Å². The quantitative estimate of drug-likeness (QED) is 0.648. The second-order valence-corrected chi connectivity index (χ2v) is 9.77. The van der Waals surface area contributed by atoms with Crippen LogP contribution in [0.2, 0.25) is 0 Å². The van der Waals surface area contributed by atoms with Crippen LogP contribution in [-0.2, 0) is 13.0 Å². The molecule has 0 saturated carbocycles. The molecule has 11 heteroatoms. The number of hydrogen-bond acceptors (Lipinski definition) is 7. The van der Waals surface area contributed by atoms with Gasteiger partial charge in [-0.25, -0.2) is 4.98 Å². The van der Waals surface area contributed by atoms with E-state index < -0.39 is 24.7 Å². The third-order valence-electron chi connectivity index (χ3n) is 7.26. The molecule has 0 aliphatic carbocycles. The first kappa shape index (κ1) is 24.8. The minimum atomic E-state index is -4.41. The number of piperidine rings is 1. The van der Waals surface area contributed by atoms with Crippen molar-refractivity contribution in [3.05, 3.63) is 47.2 Å². The summed E-state index contributed by atoms with van der Waals surface area (Å²) in [4.78, 5) is 27.7. The molecule has 0 bridgehead atoms. The van der Waals surface area contributed by atoms with Crippen molar-refractivity contribution in [3.63, 3.8) is 0 Å². The van der Waals surface area contributed by atoms with Crippen molar-refractivity contribution in [1.29, 1.82) is 0 Å². The summed E-state index contributed by atoms with van der Waals surface area (Å²) in [7, 11) is 0. The number of rotatable bonds is 5. The Kier molecular flexibility index (Phi) is 7.03. The van der Waals surface area contributed by atoms with Crippen LogP contribution < -0.4 is 10.2 Å². The van der Waals surface area contributed by atoms with E-state index in [-0.39, 0.29) is 30.0 Å². The lowest BCUT2D eigenvalue weighted by molar-refractivity contribution is -0.115. The molecule has 1 amide bonds. The van der Waals surface area contributed by atoms with Crippen molar-refractivity contribution in [2.75, 3.05) is 49.5 Å². The smallest absolute Gasteiger partial charge is 0.390 e. The average molecular weight is 505 g/mol. The van der Waals surface area contributed by atoms with Gasteiger partial charge in [-0.1, -0.05) is 24.3 Å². The van der Waals surface area contributed by atoms with Crippen molar-refractivity contribution >= 4 is 17.7 Å². The van der Waals surface area contributed by atoms with Gasteiger partial charge in [0.15, 0.2) is 0 Å². The van der Waals surface area contributed by atoms with Crippen LogP contribution in [0.1, 0.15) is 40.9 Å². The van der Waals surface area contributed by atoms with E-state index in [0.29, 0.717) is 26.1 Å². The van der Waals surface area contributed by atoms with Crippen LogP contribution >= 0.6 is 0 Å². The van der Waals surface area contributed by atoms with Crippen molar-refractivity contribution in [2.45, 2.75) is 50.6 Å². The molecule has 8 nitrogen and oxygen atoms in total. The highest BCUT2D eigenvalue weighted by molar-refractivity contribution is 5.93. The number of benzene rings is 1. The zero-order chi connectivity index (χ0) is 25.3. The molecular formula is C25H31F3N6O2. The molecule has 0 radical (unpaired) electrons. The number of anilines is 2. The zero-order valence-electron chi connectivity index (χ0n) is 20.0. The first-order valence-electron chi connectivity index (χ1n) is 12.5. The first-order valence-corrected chi connectivity index (χ1v) is 12.5. The molecule has 2 aromatic rings. The minimum Gasteiger partial charge on any atom is -0.390 e. The van der Waals surface area contributed by atoms with E-state index >= 15 is 0 Å². The predicted molar refractivity (Wildman–Crippen MR) is 129 cm³/mol. The molecule has 5 rings (SSSR count). The van der Waals surface area contributed by atoms with Gasteiger partial charge in [0.05, 0.1) is 6.10 Å². The second kappa shape index (κ2) is 10.2. The molecule has 1 aromatic carbocycles. The number of carbonyl (C=O) groups is 1. The fourth-order valence-corrected chi connectivity index (χ4v) is 5.38. The van der Waals surface area contributed by atoms with Crippen molar-refractivity contribution < 1.29 is 23.1 Å². The summed E-state index contributed by atoms with van der Waals surface area (Å²) in [6.45, 7) is 2.35. The van der Waals surface area contributed by atoms with Crippen LogP contribution in [0, 0.1) is 0 Å². The fraction of sp³-hybridized carbons (Fsp3) is 0.560. The standard InChI is InChI=1S/C25H31F3N6O2/c26-25(27,28)16-29-22-13-19(30-24(31-22)32-9-3-4-10-32)23(36)34-12-8-20(21(35)15-34)33-11-7-17-5-1-2-6-18(17)14-33/h1-2,5-6,13,20-21,35H,3-4,7-12,14-16H2,(H,29,30,31)/t20-,21-/m0/s1. The molecule has 3 aliphatic heterocycles. The number of halogens is 3. The van der Waals surface area contributed by atoms with Gasteiger partial charge < -0.3 is 20.2 Å². The summed E-state index contributed by atoms with van der Waals surface area (Å²) in [5.74, 6) is -0.185. The number of aliphatic hydroxyl groups is 1. The van der Waals surface area contributed by atoms with Gasteiger partial charge in [-0.2, -0.15) is 18.2 Å². The Morgan fingerprint density at radius 2 is 1.83 bits per heavy atom. The molecule has 36 heavy (non-hydrogen) atoms. The molecule has 0 spiro atoms. The molecule has 1 aromatic heterocycles. The van der Waals surface area contributed by atoms with Crippen molar-refractivity contribution in [1.82, 2.24) is 19.8 Å². The Bertz CT molecular complexity index is 1090. The van der Waals surface area contributed by atoms with E-state index in [1.54, 1.807) is 4.90 Å². The highest BCUT2D eigenvalue weighted by Gasteiger charge is 2.36. The highest BCUT2D eigenvalue weighted by atomic mass is 19.4. The third kappa shape index (κ3) is 5.57. The largest absolute Gasteiger partial charge is 0.405 e. The highest BCUT2D eigenvalue weighted by Crippen LogP contribution is 2.27. The number of nitrogens with zero attached hydrogens (tertiary/aromatic N) is 5. The minimum absolute atomic E-state index is 0.0324. The van der Waals surface area contributed by atoms with Crippen LogP contribution in [-0.4, -0.2) is 88.4 Å².